The zero-order valence-electron chi connectivity index (χ0n) is 30.3. The molecular weight excluding hydrogens is 673 g/mol. The second kappa shape index (κ2) is 12.4. The van der Waals surface area contributed by atoms with Crippen molar-refractivity contribution in [2.24, 2.45) is 0 Å². The highest BCUT2D eigenvalue weighted by molar-refractivity contribution is 6.29. The molecule has 0 saturated heterocycles. The van der Waals surface area contributed by atoms with Gasteiger partial charge in [0, 0.05) is 63.2 Å². The highest BCUT2D eigenvalue weighted by Crippen LogP contribution is 2.46. The number of pyridine rings is 1. The standard InChI is InChI=1S/C49H36N6/c1-51-33-52(43-24-11-10-23-42(43)51)36-19-14-20-37(31-36)53(34-15-4-2-5-16-34)38-26-27-40-46(32-38)55(47-25-12-13-30-50-47)45-29-28-44-48(49(40)45)39-21-8-9-22-41(39)54(44)35-17-6-3-7-18-35/h2-32H,33H2,1H3. The molecule has 0 unspecified atom stereocenters. The predicted molar refractivity (Wildman–Crippen MR) is 229 cm³/mol. The molecule has 55 heavy (non-hydrogen) atoms. The van der Waals surface area contributed by atoms with Crippen molar-refractivity contribution in [2.75, 3.05) is 28.4 Å². The molecule has 4 heterocycles. The van der Waals surface area contributed by atoms with Gasteiger partial charge in [0.05, 0.1) is 40.1 Å². The molecule has 0 radical (unpaired) electrons. The average Bonchev–Trinajstić information content (AvgIpc) is 3.89. The second-order valence-electron chi connectivity index (χ2n) is 14.2. The minimum absolute atomic E-state index is 0.791. The van der Waals surface area contributed by atoms with Gasteiger partial charge in [0.1, 0.15) is 5.82 Å². The van der Waals surface area contributed by atoms with Crippen LogP contribution in [-0.4, -0.2) is 27.8 Å². The van der Waals surface area contributed by atoms with Crippen LogP contribution in [0.1, 0.15) is 0 Å². The normalized spacial score (nSPS) is 12.7. The summed E-state index contributed by atoms with van der Waals surface area (Å²) in [5.74, 6) is 0.885. The van der Waals surface area contributed by atoms with Gasteiger partial charge in [-0.1, -0.05) is 84.9 Å². The maximum atomic E-state index is 4.92. The molecule has 3 aromatic heterocycles. The fourth-order valence-electron chi connectivity index (χ4n) is 8.71. The quantitative estimate of drug-likeness (QED) is 0.172. The molecule has 0 N–H and O–H groups in total. The van der Waals surface area contributed by atoms with Crippen LogP contribution in [0.3, 0.4) is 0 Å². The Bertz CT molecular complexity index is 3040. The van der Waals surface area contributed by atoms with E-state index in [1.807, 2.05) is 12.3 Å². The van der Waals surface area contributed by atoms with Crippen molar-refractivity contribution in [3.05, 3.63) is 188 Å². The van der Waals surface area contributed by atoms with E-state index in [-0.39, 0.29) is 0 Å². The fraction of sp³-hybridized carbons (Fsp3) is 0.0408. The fourth-order valence-corrected chi connectivity index (χ4v) is 8.71. The third-order valence-electron chi connectivity index (χ3n) is 11.1. The Morgan fingerprint density at radius 1 is 0.455 bits per heavy atom. The maximum Gasteiger partial charge on any atom is 0.137 e. The van der Waals surface area contributed by atoms with Gasteiger partial charge < -0.3 is 19.3 Å². The van der Waals surface area contributed by atoms with E-state index in [2.05, 4.69) is 207 Å². The van der Waals surface area contributed by atoms with Crippen LogP contribution in [0.4, 0.5) is 34.1 Å². The third-order valence-corrected chi connectivity index (χ3v) is 11.1. The van der Waals surface area contributed by atoms with Gasteiger partial charge in [-0.05, 0) is 97.1 Å². The minimum Gasteiger partial charge on any atom is -0.355 e. The lowest BCUT2D eigenvalue weighted by molar-refractivity contribution is 0.949. The topological polar surface area (TPSA) is 32.5 Å². The van der Waals surface area contributed by atoms with E-state index in [1.165, 1.54) is 44.0 Å². The van der Waals surface area contributed by atoms with E-state index in [9.17, 15) is 0 Å². The molecule has 10 aromatic rings. The van der Waals surface area contributed by atoms with Crippen LogP contribution in [0, 0.1) is 0 Å². The number of aromatic nitrogens is 3. The zero-order valence-corrected chi connectivity index (χ0v) is 30.3. The predicted octanol–water partition coefficient (Wildman–Crippen LogP) is 12.3. The molecule has 6 nitrogen and oxygen atoms in total. The summed E-state index contributed by atoms with van der Waals surface area (Å²) in [5, 5.41) is 4.88. The number of anilines is 6. The summed E-state index contributed by atoms with van der Waals surface area (Å²) in [6, 6.07) is 65.3. The first-order valence-corrected chi connectivity index (χ1v) is 18.7. The molecule has 262 valence electrons. The van der Waals surface area contributed by atoms with Crippen molar-refractivity contribution in [1.82, 2.24) is 14.1 Å². The van der Waals surface area contributed by atoms with E-state index in [1.54, 1.807) is 0 Å². The molecule has 1 aliphatic heterocycles. The molecular formula is C49H36N6. The Labute approximate surface area is 319 Å². The van der Waals surface area contributed by atoms with Crippen molar-refractivity contribution in [3.8, 4) is 11.5 Å². The second-order valence-corrected chi connectivity index (χ2v) is 14.2. The number of para-hydroxylation sites is 5. The van der Waals surface area contributed by atoms with Crippen LogP contribution in [0.2, 0.25) is 0 Å². The van der Waals surface area contributed by atoms with Crippen molar-refractivity contribution >= 4 is 77.7 Å². The lowest BCUT2D eigenvalue weighted by atomic mass is 10.0. The molecule has 7 aromatic carbocycles. The van der Waals surface area contributed by atoms with E-state index < -0.39 is 0 Å². The first-order chi connectivity index (χ1) is 27.2. The summed E-state index contributed by atoms with van der Waals surface area (Å²) in [5.41, 5.74) is 12.6. The van der Waals surface area contributed by atoms with Gasteiger partial charge >= 0.3 is 0 Å². The Kier molecular flexibility index (Phi) is 7.04. The summed E-state index contributed by atoms with van der Waals surface area (Å²) in [4.78, 5) is 12.0. The highest BCUT2D eigenvalue weighted by Gasteiger charge is 2.26. The van der Waals surface area contributed by atoms with Crippen molar-refractivity contribution in [3.63, 3.8) is 0 Å². The first kappa shape index (κ1) is 31.2. The van der Waals surface area contributed by atoms with Gasteiger partial charge in [-0.3, -0.25) is 4.57 Å². The molecule has 1 aliphatic rings. The molecule has 0 bridgehead atoms. The van der Waals surface area contributed by atoms with Crippen molar-refractivity contribution < 1.29 is 0 Å². The number of hydrogen-bond donors (Lipinski definition) is 0. The third kappa shape index (κ3) is 4.85. The van der Waals surface area contributed by atoms with Gasteiger partial charge in [-0.25, -0.2) is 4.98 Å². The smallest absolute Gasteiger partial charge is 0.137 e. The van der Waals surface area contributed by atoms with E-state index in [0.717, 1.165) is 52.0 Å². The lowest BCUT2D eigenvalue weighted by Gasteiger charge is -2.27. The van der Waals surface area contributed by atoms with Gasteiger partial charge in [0.25, 0.3) is 0 Å². The van der Waals surface area contributed by atoms with Crippen LogP contribution < -0.4 is 14.7 Å². The highest BCUT2D eigenvalue weighted by atomic mass is 15.4. The molecule has 0 fully saturated rings. The summed E-state index contributed by atoms with van der Waals surface area (Å²) in [7, 11) is 2.15. The molecule has 0 saturated carbocycles. The molecule has 0 atom stereocenters. The number of rotatable bonds is 6. The molecule has 0 amide bonds. The summed E-state index contributed by atoms with van der Waals surface area (Å²) >= 11 is 0. The zero-order chi connectivity index (χ0) is 36.5. The molecule has 11 rings (SSSR count). The SMILES string of the molecule is CN1CN(c2cccc(N(c3ccccc3)c3ccc4c5c6c7ccccc7n(-c7ccccc7)c6ccc5n(-c5ccccn5)c4c3)c2)c2ccccc21. The number of benzene rings is 7. The van der Waals surface area contributed by atoms with Crippen LogP contribution in [0.15, 0.2) is 188 Å². The number of hydrogen-bond acceptors (Lipinski definition) is 4. The van der Waals surface area contributed by atoms with Crippen molar-refractivity contribution in [1.29, 1.82) is 0 Å². The Hall–Kier alpha value is -7.31. The molecule has 0 aliphatic carbocycles. The van der Waals surface area contributed by atoms with Gasteiger partial charge in [-0.2, -0.15) is 0 Å². The molecule has 0 spiro atoms. The van der Waals surface area contributed by atoms with Crippen molar-refractivity contribution in [2.45, 2.75) is 0 Å². The van der Waals surface area contributed by atoms with Crippen LogP contribution in [-0.2, 0) is 0 Å². The first-order valence-electron chi connectivity index (χ1n) is 18.7. The monoisotopic (exact) mass is 708 g/mol. The molecule has 6 heteroatoms. The summed E-state index contributed by atoms with van der Waals surface area (Å²) in [6.07, 6.45) is 1.88. The van der Waals surface area contributed by atoms with Crippen LogP contribution in [0.25, 0.3) is 55.1 Å². The van der Waals surface area contributed by atoms with Crippen LogP contribution in [0.5, 0.6) is 0 Å². The summed E-state index contributed by atoms with van der Waals surface area (Å²) in [6.45, 7) is 0.791. The summed E-state index contributed by atoms with van der Waals surface area (Å²) < 4.78 is 4.72. The van der Waals surface area contributed by atoms with E-state index in [0.29, 0.717) is 0 Å². The Morgan fingerprint density at radius 2 is 1.09 bits per heavy atom. The van der Waals surface area contributed by atoms with Gasteiger partial charge in [-0.15, -0.1) is 0 Å². The largest absolute Gasteiger partial charge is 0.355 e. The number of nitrogens with zero attached hydrogens (tertiary/aromatic N) is 6. The minimum atomic E-state index is 0.791. The van der Waals surface area contributed by atoms with Gasteiger partial charge in [0.2, 0.25) is 0 Å². The van der Waals surface area contributed by atoms with Crippen LogP contribution >= 0.6 is 0 Å². The number of fused-ring (bicyclic) bond motifs is 8. The lowest BCUT2D eigenvalue weighted by Crippen LogP contribution is -2.24. The Balaban J connectivity index is 1.17. The van der Waals surface area contributed by atoms with Gasteiger partial charge in [0.15, 0.2) is 0 Å². The van der Waals surface area contributed by atoms with E-state index in [4.69, 9.17) is 4.98 Å². The Morgan fingerprint density at radius 3 is 1.89 bits per heavy atom. The maximum absolute atomic E-state index is 4.92. The van der Waals surface area contributed by atoms with E-state index >= 15 is 0 Å². The average molecular weight is 709 g/mol.